The summed E-state index contributed by atoms with van der Waals surface area (Å²) in [5.74, 6) is -0.0934. The Morgan fingerprint density at radius 2 is 1.81 bits per heavy atom. The number of nitrogens with two attached hydrogens (primary N) is 1. The highest BCUT2D eigenvalue weighted by Crippen LogP contribution is 2.29. The number of nitrogens with one attached hydrogen (secondary N) is 1. The molecule has 0 amide bonds. The van der Waals surface area contributed by atoms with Gasteiger partial charge in [-0.1, -0.05) is 12.1 Å². The van der Waals surface area contributed by atoms with E-state index in [4.69, 9.17) is 11.0 Å². The standard InChI is InChI=1S/C14H11F3N4/c15-14(16,17)12-6-3-10(7-18)13(21-12)20-8-9-1-4-11(19)5-2-9/h1-6H,8,19H2,(H,20,21). The lowest BCUT2D eigenvalue weighted by Gasteiger charge is -2.11. The Morgan fingerprint density at radius 3 is 2.38 bits per heavy atom. The largest absolute Gasteiger partial charge is 0.433 e. The minimum atomic E-state index is -4.55. The van der Waals surface area contributed by atoms with Gasteiger partial charge in [-0.3, -0.25) is 0 Å². The Balaban J connectivity index is 2.22. The fourth-order valence-corrected chi connectivity index (χ4v) is 1.66. The number of anilines is 2. The summed E-state index contributed by atoms with van der Waals surface area (Å²) in [5, 5.41) is 11.7. The van der Waals surface area contributed by atoms with E-state index in [-0.39, 0.29) is 17.9 Å². The summed E-state index contributed by atoms with van der Waals surface area (Å²) in [7, 11) is 0. The molecule has 21 heavy (non-hydrogen) atoms. The second-order valence-corrected chi connectivity index (χ2v) is 4.30. The number of rotatable bonds is 3. The molecule has 108 valence electrons. The highest BCUT2D eigenvalue weighted by atomic mass is 19.4. The van der Waals surface area contributed by atoms with Crippen LogP contribution < -0.4 is 11.1 Å². The molecule has 2 rings (SSSR count). The van der Waals surface area contributed by atoms with Crippen molar-refractivity contribution < 1.29 is 13.2 Å². The molecule has 4 nitrogen and oxygen atoms in total. The van der Waals surface area contributed by atoms with Crippen LogP contribution in [0.15, 0.2) is 36.4 Å². The van der Waals surface area contributed by atoms with Crippen LogP contribution in [0.1, 0.15) is 16.8 Å². The third-order valence-corrected chi connectivity index (χ3v) is 2.75. The lowest BCUT2D eigenvalue weighted by molar-refractivity contribution is -0.141. The second-order valence-electron chi connectivity index (χ2n) is 4.30. The Hall–Kier alpha value is -2.75. The molecule has 1 heterocycles. The van der Waals surface area contributed by atoms with Crippen molar-refractivity contribution in [2.75, 3.05) is 11.1 Å². The quantitative estimate of drug-likeness (QED) is 0.852. The van der Waals surface area contributed by atoms with Crippen molar-refractivity contribution in [1.29, 1.82) is 5.26 Å². The molecule has 0 aliphatic heterocycles. The summed E-state index contributed by atoms with van der Waals surface area (Å²) in [6.45, 7) is 0.239. The maximum absolute atomic E-state index is 12.6. The highest BCUT2D eigenvalue weighted by Gasteiger charge is 2.33. The first-order valence-electron chi connectivity index (χ1n) is 5.97. The topological polar surface area (TPSA) is 74.7 Å². The smallest absolute Gasteiger partial charge is 0.399 e. The molecule has 2 aromatic rings. The van der Waals surface area contributed by atoms with E-state index in [1.165, 1.54) is 0 Å². The number of hydrogen-bond donors (Lipinski definition) is 2. The van der Waals surface area contributed by atoms with Gasteiger partial charge in [0.05, 0.1) is 5.56 Å². The van der Waals surface area contributed by atoms with Gasteiger partial charge in [0.1, 0.15) is 17.6 Å². The van der Waals surface area contributed by atoms with E-state index in [0.29, 0.717) is 5.69 Å². The van der Waals surface area contributed by atoms with Crippen LogP contribution in [0.25, 0.3) is 0 Å². The van der Waals surface area contributed by atoms with E-state index in [1.54, 1.807) is 24.3 Å². The van der Waals surface area contributed by atoms with Crippen LogP contribution in [0, 0.1) is 11.3 Å². The van der Waals surface area contributed by atoms with Crippen LogP contribution in [0.3, 0.4) is 0 Å². The van der Waals surface area contributed by atoms with Gasteiger partial charge in [-0.2, -0.15) is 18.4 Å². The Kier molecular flexibility index (Phi) is 3.98. The van der Waals surface area contributed by atoms with Crippen LogP contribution in [0.4, 0.5) is 24.7 Å². The first-order valence-corrected chi connectivity index (χ1v) is 5.97. The van der Waals surface area contributed by atoms with E-state index < -0.39 is 11.9 Å². The molecular weight excluding hydrogens is 281 g/mol. The van der Waals surface area contributed by atoms with E-state index in [2.05, 4.69) is 10.3 Å². The van der Waals surface area contributed by atoms with E-state index in [1.807, 2.05) is 6.07 Å². The number of nitrogens with zero attached hydrogens (tertiary/aromatic N) is 2. The van der Waals surface area contributed by atoms with Crippen molar-refractivity contribution in [2.45, 2.75) is 12.7 Å². The van der Waals surface area contributed by atoms with Gasteiger partial charge in [-0.05, 0) is 29.8 Å². The molecule has 3 N–H and O–H groups in total. The van der Waals surface area contributed by atoms with Gasteiger partial charge in [0.25, 0.3) is 0 Å². The third kappa shape index (κ3) is 3.63. The van der Waals surface area contributed by atoms with Crippen molar-refractivity contribution in [1.82, 2.24) is 4.98 Å². The number of pyridine rings is 1. The zero-order valence-electron chi connectivity index (χ0n) is 10.8. The number of halogens is 3. The van der Waals surface area contributed by atoms with Gasteiger partial charge < -0.3 is 11.1 Å². The zero-order chi connectivity index (χ0) is 15.5. The van der Waals surface area contributed by atoms with Gasteiger partial charge in [0.15, 0.2) is 0 Å². The molecule has 0 aliphatic carbocycles. The summed E-state index contributed by atoms with van der Waals surface area (Å²) in [4.78, 5) is 3.46. The molecule has 0 fully saturated rings. The van der Waals surface area contributed by atoms with Gasteiger partial charge in [-0.15, -0.1) is 0 Å². The molecule has 0 spiro atoms. The van der Waals surface area contributed by atoms with Crippen molar-refractivity contribution >= 4 is 11.5 Å². The SMILES string of the molecule is N#Cc1ccc(C(F)(F)F)nc1NCc1ccc(N)cc1. The number of nitrogen functional groups attached to an aromatic ring is 1. The maximum atomic E-state index is 12.6. The molecule has 0 bridgehead atoms. The molecule has 7 heteroatoms. The predicted molar refractivity (Wildman–Crippen MR) is 72.1 cm³/mol. The van der Waals surface area contributed by atoms with Gasteiger partial charge in [0, 0.05) is 12.2 Å². The summed E-state index contributed by atoms with van der Waals surface area (Å²) in [5.41, 5.74) is 5.96. The first kappa shape index (κ1) is 14.7. The number of aromatic nitrogens is 1. The van der Waals surface area contributed by atoms with Crippen LogP contribution in [-0.2, 0) is 12.7 Å². The summed E-state index contributed by atoms with van der Waals surface area (Å²) >= 11 is 0. The lowest BCUT2D eigenvalue weighted by atomic mass is 10.2. The molecule has 1 aromatic heterocycles. The number of alkyl halides is 3. The Morgan fingerprint density at radius 1 is 1.14 bits per heavy atom. The van der Waals surface area contributed by atoms with Crippen molar-refractivity contribution in [2.24, 2.45) is 0 Å². The van der Waals surface area contributed by atoms with Gasteiger partial charge >= 0.3 is 6.18 Å². The van der Waals surface area contributed by atoms with E-state index in [0.717, 1.165) is 17.7 Å². The third-order valence-electron chi connectivity index (χ3n) is 2.75. The van der Waals surface area contributed by atoms with Crippen LogP contribution in [-0.4, -0.2) is 4.98 Å². The van der Waals surface area contributed by atoms with Crippen LogP contribution >= 0.6 is 0 Å². The molecule has 0 radical (unpaired) electrons. The number of benzene rings is 1. The maximum Gasteiger partial charge on any atom is 0.433 e. The number of nitriles is 1. The van der Waals surface area contributed by atoms with Crippen LogP contribution in [0.5, 0.6) is 0 Å². The Labute approximate surface area is 119 Å². The van der Waals surface area contributed by atoms with Gasteiger partial charge in [-0.25, -0.2) is 4.98 Å². The normalized spacial score (nSPS) is 11.0. The molecule has 0 aliphatic rings. The molecule has 0 unspecified atom stereocenters. The molecule has 1 aromatic carbocycles. The second kappa shape index (κ2) is 5.71. The zero-order valence-corrected chi connectivity index (χ0v) is 10.8. The first-order chi connectivity index (χ1) is 9.90. The van der Waals surface area contributed by atoms with E-state index >= 15 is 0 Å². The summed E-state index contributed by atoms with van der Waals surface area (Å²) < 4.78 is 37.9. The minimum Gasteiger partial charge on any atom is -0.399 e. The molecule has 0 saturated carbocycles. The molecule has 0 atom stereocenters. The molecular formula is C14H11F3N4. The number of hydrogen-bond acceptors (Lipinski definition) is 4. The lowest BCUT2D eigenvalue weighted by Crippen LogP contribution is -2.11. The van der Waals surface area contributed by atoms with Gasteiger partial charge in [0.2, 0.25) is 0 Å². The fourth-order valence-electron chi connectivity index (χ4n) is 1.66. The van der Waals surface area contributed by atoms with Crippen molar-refractivity contribution in [3.05, 3.63) is 53.2 Å². The Bertz CT molecular complexity index is 672. The summed E-state index contributed by atoms with van der Waals surface area (Å²) in [6.07, 6.45) is -4.55. The molecule has 0 saturated heterocycles. The van der Waals surface area contributed by atoms with Crippen molar-refractivity contribution in [3.63, 3.8) is 0 Å². The average molecular weight is 292 g/mol. The van der Waals surface area contributed by atoms with Crippen LogP contribution in [0.2, 0.25) is 0 Å². The fraction of sp³-hybridized carbons (Fsp3) is 0.143. The predicted octanol–water partition coefficient (Wildman–Crippen LogP) is 3.17. The summed E-state index contributed by atoms with van der Waals surface area (Å²) in [6, 6.07) is 10.5. The monoisotopic (exact) mass is 292 g/mol. The minimum absolute atomic E-state index is 0.0541. The van der Waals surface area contributed by atoms with E-state index in [9.17, 15) is 13.2 Å². The van der Waals surface area contributed by atoms with Crippen molar-refractivity contribution in [3.8, 4) is 6.07 Å². The highest BCUT2D eigenvalue weighted by molar-refractivity contribution is 5.53. The average Bonchev–Trinajstić information content (AvgIpc) is 2.45.